The predicted molar refractivity (Wildman–Crippen MR) is 49.4 cm³/mol. The molecule has 1 heterocycles. The predicted octanol–water partition coefficient (Wildman–Crippen LogP) is 1.71. The Morgan fingerprint density at radius 1 is 1.46 bits per heavy atom. The van der Waals surface area contributed by atoms with E-state index in [2.05, 4.69) is 5.32 Å². The molecule has 0 radical (unpaired) electrons. The summed E-state index contributed by atoms with van der Waals surface area (Å²) in [5.41, 5.74) is 2.08. The second-order valence-corrected chi connectivity index (χ2v) is 3.07. The topological polar surface area (TPSA) is 38.3 Å². The van der Waals surface area contributed by atoms with Crippen LogP contribution in [0.5, 0.6) is 0 Å². The summed E-state index contributed by atoms with van der Waals surface area (Å²) in [5.74, 6) is 0. The first-order valence-electron chi connectivity index (χ1n) is 4.27. The summed E-state index contributed by atoms with van der Waals surface area (Å²) in [5, 5.41) is 2.99. The molecule has 13 heavy (non-hydrogen) atoms. The fraction of sp³-hybridized carbons (Fsp3) is 0.300. The molecule has 3 nitrogen and oxygen atoms in total. The van der Waals surface area contributed by atoms with Crippen molar-refractivity contribution in [2.75, 3.05) is 5.32 Å². The van der Waals surface area contributed by atoms with Crippen LogP contribution < -0.4 is 5.32 Å². The maximum Gasteiger partial charge on any atom is 0.185 e. The van der Waals surface area contributed by atoms with E-state index in [4.69, 9.17) is 4.74 Å². The first kappa shape index (κ1) is 8.26. The maximum atomic E-state index is 10.5. The average Bonchev–Trinajstić information content (AvgIpc) is 2.18. The number of carbonyl (C=O) groups is 1. The number of hydrogen-bond acceptors (Lipinski definition) is 3. The molecule has 1 N–H and O–H groups in total. The Hall–Kier alpha value is -1.35. The van der Waals surface area contributed by atoms with E-state index in [-0.39, 0.29) is 6.10 Å². The van der Waals surface area contributed by atoms with Crippen molar-refractivity contribution < 1.29 is 9.53 Å². The van der Waals surface area contributed by atoms with E-state index < -0.39 is 6.23 Å². The van der Waals surface area contributed by atoms with Crippen LogP contribution >= 0.6 is 0 Å². The van der Waals surface area contributed by atoms with Crippen LogP contribution in [0, 0.1) is 0 Å². The summed E-state index contributed by atoms with van der Waals surface area (Å²) in [6, 6.07) is 7.84. The van der Waals surface area contributed by atoms with Gasteiger partial charge in [-0.25, -0.2) is 0 Å². The van der Waals surface area contributed by atoms with Crippen LogP contribution in [0.2, 0.25) is 0 Å². The van der Waals surface area contributed by atoms with E-state index in [0.717, 1.165) is 17.5 Å². The average molecular weight is 177 g/mol. The molecule has 68 valence electrons. The number of rotatable bonds is 1. The Balaban J connectivity index is 2.36. The summed E-state index contributed by atoms with van der Waals surface area (Å²) in [6.45, 7) is 1.94. The monoisotopic (exact) mass is 177 g/mol. The zero-order valence-corrected chi connectivity index (χ0v) is 7.36. The second kappa shape index (κ2) is 3.18. The minimum atomic E-state index is -0.509. The van der Waals surface area contributed by atoms with Gasteiger partial charge in [0.2, 0.25) is 0 Å². The molecule has 2 atom stereocenters. The van der Waals surface area contributed by atoms with E-state index in [1.807, 2.05) is 31.2 Å². The van der Waals surface area contributed by atoms with Crippen LogP contribution in [0.3, 0.4) is 0 Å². The van der Waals surface area contributed by atoms with E-state index >= 15 is 0 Å². The van der Waals surface area contributed by atoms with Crippen LogP contribution in [0.1, 0.15) is 18.6 Å². The lowest BCUT2D eigenvalue weighted by molar-refractivity contribution is -0.120. The van der Waals surface area contributed by atoms with Crippen molar-refractivity contribution in [3.63, 3.8) is 0 Å². The number of fused-ring (bicyclic) bond motifs is 1. The molecular weight excluding hydrogens is 166 g/mol. The molecule has 0 aromatic heterocycles. The first-order chi connectivity index (χ1) is 6.31. The van der Waals surface area contributed by atoms with Crippen molar-refractivity contribution in [3.8, 4) is 0 Å². The number of anilines is 1. The zero-order chi connectivity index (χ0) is 9.26. The van der Waals surface area contributed by atoms with Crippen molar-refractivity contribution in [1.82, 2.24) is 0 Å². The van der Waals surface area contributed by atoms with Gasteiger partial charge in [-0.15, -0.1) is 0 Å². The minimum absolute atomic E-state index is 0.0207. The molecule has 3 heteroatoms. The molecule has 2 rings (SSSR count). The number of nitrogens with one attached hydrogen (secondary N) is 1. The van der Waals surface area contributed by atoms with E-state index in [1.54, 1.807) is 0 Å². The van der Waals surface area contributed by atoms with Crippen molar-refractivity contribution in [2.45, 2.75) is 19.3 Å². The van der Waals surface area contributed by atoms with Crippen LogP contribution in [0.25, 0.3) is 0 Å². The number of ether oxygens (including phenoxy) is 1. The van der Waals surface area contributed by atoms with Gasteiger partial charge >= 0.3 is 0 Å². The van der Waals surface area contributed by atoms with E-state index in [1.165, 1.54) is 0 Å². The Labute approximate surface area is 76.7 Å². The molecule has 0 bridgehead atoms. The Kier molecular flexibility index (Phi) is 2.02. The van der Waals surface area contributed by atoms with Gasteiger partial charge in [0.15, 0.2) is 12.5 Å². The molecule has 1 aromatic carbocycles. The van der Waals surface area contributed by atoms with E-state index in [0.29, 0.717) is 0 Å². The number of aldehydes is 1. The van der Waals surface area contributed by atoms with Crippen LogP contribution in [-0.4, -0.2) is 12.5 Å². The SMILES string of the molecule is CC1OC(C=O)Nc2ccccc21. The molecule has 0 spiro atoms. The van der Waals surface area contributed by atoms with Crippen molar-refractivity contribution in [2.24, 2.45) is 0 Å². The smallest absolute Gasteiger partial charge is 0.185 e. The highest BCUT2D eigenvalue weighted by Crippen LogP contribution is 2.30. The van der Waals surface area contributed by atoms with Gasteiger partial charge in [-0.2, -0.15) is 0 Å². The highest BCUT2D eigenvalue weighted by atomic mass is 16.5. The second-order valence-electron chi connectivity index (χ2n) is 3.07. The fourth-order valence-electron chi connectivity index (χ4n) is 1.53. The summed E-state index contributed by atoms with van der Waals surface area (Å²) in [6.07, 6.45) is 0.240. The van der Waals surface area contributed by atoms with Crippen LogP contribution in [-0.2, 0) is 9.53 Å². The van der Waals surface area contributed by atoms with Crippen molar-refractivity contribution >= 4 is 12.0 Å². The zero-order valence-electron chi connectivity index (χ0n) is 7.36. The molecule has 0 aliphatic carbocycles. The highest BCUT2D eigenvalue weighted by molar-refractivity contribution is 5.66. The third-order valence-corrected chi connectivity index (χ3v) is 2.17. The summed E-state index contributed by atoms with van der Waals surface area (Å²) in [7, 11) is 0. The maximum absolute atomic E-state index is 10.5. The van der Waals surface area contributed by atoms with E-state index in [9.17, 15) is 4.79 Å². The third kappa shape index (κ3) is 1.42. The van der Waals surface area contributed by atoms with Gasteiger partial charge in [-0.3, -0.25) is 4.79 Å². The molecular formula is C10H11NO2. The Bertz CT molecular complexity index is 324. The highest BCUT2D eigenvalue weighted by Gasteiger charge is 2.22. The number of para-hydroxylation sites is 1. The quantitative estimate of drug-likeness (QED) is 0.664. The standard InChI is InChI=1S/C10H11NO2/c1-7-8-4-2-3-5-9(8)11-10(6-12)13-7/h2-7,10-11H,1H3. The van der Waals surface area contributed by atoms with Crippen LogP contribution in [0.4, 0.5) is 5.69 Å². The molecule has 1 aliphatic heterocycles. The van der Waals surface area contributed by atoms with Gasteiger partial charge in [0.25, 0.3) is 0 Å². The number of hydrogen-bond donors (Lipinski definition) is 1. The lowest BCUT2D eigenvalue weighted by atomic mass is 10.1. The number of benzene rings is 1. The Morgan fingerprint density at radius 3 is 3.00 bits per heavy atom. The first-order valence-corrected chi connectivity index (χ1v) is 4.27. The Morgan fingerprint density at radius 2 is 2.23 bits per heavy atom. The molecule has 0 fully saturated rings. The summed E-state index contributed by atoms with van der Waals surface area (Å²) >= 11 is 0. The van der Waals surface area contributed by atoms with Crippen molar-refractivity contribution in [3.05, 3.63) is 29.8 Å². The molecule has 0 saturated carbocycles. The molecule has 0 saturated heterocycles. The minimum Gasteiger partial charge on any atom is -0.354 e. The number of carbonyl (C=O) groups excluding carboxylic acids is 1. The summed E-state index contributed by atoms with van der Waals surface area (Å²) < 4.78 is 5.38. The molecule has 0 amide bonds. The van der Waals surface area contributed by atoms with Gasteiger partial charge in [0.1, 0.15) is 0 Å². The summed E-state index contributed by atoms with van der Waals surface area (Å²) in [4.78, 5) is 10.5. The molecule has 1 aromatic rings. The fourth-order valence-corrected chi connectivity index (χ4v) is 1.53. The molecule has 2 unspecified atom stereocenters. The lowest BCUT2D eigenvalue weighted by Crippen LogP contribution is -2.31. The van der Waals surface area contributed by atoms with Gasteiger partial charge in [-0.1, -0.05) is 18.2 Å². The van der Waals surface area contributed by atoms with Gasteiger partial charge in [0, 0.05) is 11.3 Å². The van der Waals surface area contributed by atoms with Crippen molar-refractivity contribution in [1.29, 1.82) is 0 Å². The lowest BCUT2D eigenvalue weighted by Gasteiger charge is -2.28. The van der Waals surface area contributed by atoms with Gasteiger partial charge in [0.05, 0.1) is 6.10 Å². The molecule has 1 aliphatic rings. The van der Waals surface area contributed by atoms with Crippen LogP contribution in [0.15, 0.2) is 24.3 Å². The largest absolute Gasteiger partial charge is 0.354 e. The normalized spacial score (nSPS) is 25.9. The van der Waals surface area contributed by atoms with Gasteiger partial charge in [-0.05, 0) is 13.0 Å². The van der Waals surface area contributed by atoms with Gasteiger partial charge < -0.3 is 10.1 Å². The third-order valence-electron chi connectivity index (χ3n) is 2.17.